The summed E-state index contributed by atoms with van der Waals surface area (Å²) in [5.74, 6) is 0.995. The largest absolute Gasteiger partial charge is 0.493 e. The maximum Gasteiger partial charge on any atom is 0.161 e. The van der Waals surface area contributed by atoms with Crippen LogP contribution >= 0.6 is 0 Å². The second kappa shape index (κ2) is 9.25. The van der Waals surface area contributed by atoms with Gasteiger partial charge in [-0.3, -0.25) is 0 Å². The van der Waals surface area contributed by atoms with E-state index in [0.29, 0.717) is 17.1 Å². The summed E-state index contributed by atoms with van der Waals surface area (Å²) in [5, 5.41) is 3.38. The molecule has 0 unspecified atom stereocenters. The minimum atomic E-state index is -0.266. The van der Waals surface area contributed by atoms with Crippen molar-refractivity contribution < 1.29 is 13.9 Å². The number of hydrogen-bond donors (Lipinski definition) is 1. The van der Waals surface area contributed by atoms with Crippen LogP contribution in [0.15, 0.2) is 42.5 Å². The Morgan fingerprint density at radius 1 is 1.08 bits per heavy atom. The van der Waals surface area contributed by atoms with Crippen molar-refractivity contribution >= 4 is 0 Å². The molecule has 0 heterocycles. The normalized spacial score (nSPS) is 10.9. The number of rotatable bonds is 9. The third kappa shape index (κ3) is 5.51. The van der Waals surface area contributed by atoms with Crippen molar-refractivity contribution in [3.05, 3.63) is 59.4 Å². The molecule has 0 saturated carbocycles. The molecule has 0 aliphatic carbocycles. The van der Waals surface area contributed by atoms with Gasteiger partial charge < -0.3 is 19.7 Å². The summed E-state index contributed by atoms with van der Waals surface area (Å²) in [5.41, 5.74) is 1.64. The molecule has 4 nitrogen and oxygen atoms in total. The van der Waals surface area contributed by atoms with E-state index in [-0.39, 0.29) is 12.4 Å². The van der Waals surface area contributed by atoms with Gasteiger partial charge in [-0.1, -0.05) is 24.3 Å². The lowest BCUT2D eigenvalue weighted by molar-refractivity contribution is 0.279. The molecule has 0 amide bonds. The highest BCUT2D eigenvalue weighted by Crippen LogP contribution is 2.29. The number of hydrogen-bond acceptors (Lipinski definition) is 4. The van der Waals surface area contributed by atoms with Crippen LogP contribution in [0.1, 0.15) is 11.1 Å². The molecular formula is C19H25FN2O2. The molecule has 0 atom stereocenters. The second-order valence-electron chi connectivity index (χ2n) is 5.85. The van der Waals surface area contributed by atoms with Crippen molar-refractivity contribution in [1.29, 1.82) is 0 Å². The molecular weight excluding hydrogens is 307 g/mol. The highest BCUT2D eigenvalue weighted by Gasteiger charge is 2.08. The molecule has 2 aromatic rings. The van der Waals surface area contributed by atoms with E-state index in [1.54, 1.807) is 25.3 Å². The van der Waals surface area contributed by atoms with Gasteiger partial charge in [-0.05, 0) is 37.9 Å². The van der Waals surface area contributed by atoms with Crippen LogP contribution in [-0.2, 0) is 13.2 Å². The lowest BCUT2D eigenvalue weighted by atomic mass is 10.2. The molecule has 1 N–H and O–H groups in total. The molecule has 0 spiro atoms. The lowest BCUT2D eigenvalue weighted by Crippen LogP contribution is -2.26. The van der Waals surface area contributed by atoms with Gasteiger partial charge in [0.25, 0.3) is 0 Å². The standard InChI is InChI=1S/C19H25FN2O2/c1-22(2)11-10-21-13-15-8-9-18(19(12-15)23-3)24-14-16-6-4-5-7-17(16)20/h4-9,12,21H,10-11,13-14H2,1-3H3. The highest BCUT2D eigenvalue weighted by molar-refractivity contribution is 5.43. The second-order valence-corrected chi connectivity index (χ2v) is 5.85. The van der Waals surface area contributed by atoms with E-state index < -0.39 is 0 Å². The zero-order valence-corrected chi connectivity index (χ0v) is 14.5. The van der Waals surface area contributed by atoms with Crippen LogP contribution < -0.4 is 14.8 Å². The molecule has 0 bridgehead atoms. The SMILES string of the molecule is COc1cc(CNCCN(C)C)ccc1OCc1ccccc1F. The van der Waals surface area contributed by atoms with Crippen molar-refractivity contribution in [3.8, 4) is 11.5 Å². The minimum absolute atomic E-state index is 0.170. The Bertz CT molecular complexity index is 647. The van der Waals surface area contributed by atoms with E-state index in [0.717, 1.165) is 25.2 Å². The molecule has 0 aromatic heterocycles. The number of halogens is 1. The predicted octanol–water partition coefficient (Wildman–Crippen LogP) is 3.06. The molecule has 24 heavy (non-hydrogen) atoms. The smallest absolute Gasteiger partial charge is 0.161 e. The van der Waals surface area contributed by atoms with Crippen molar-refractivity contribution in [2.75, 3.05) is 34.3 Å². The molecule has 0 aliphatic heterocycles. The van der Waals surface area contributed by atoms with E-state index in [2.05, 4.69) is 10.2 Å². The zero-order chi connectivity index (χ0) is 17.4. The van der Waals surface area contributed by atoms with Gasteiger partial charge >= 0.3 is 0 Å². The Labute approximate surface area is 143 Å². The summed E-state index contributed by atoms with van der Waals surface area (Å²) < 4.78 is 24.8. The van der Waals surface area contributed by atoms with Crippen molar-refractivity contribution in [1.82, 2.24) is 10.2 Å². The fourth-order valence-corrected chi connectivity index (χ4v) is 2.25. The Balaban J connectivity index is 1.94. The van der Waals surface area contributed by atoms with Crippen LogP contribution in [0.3, 0.4) is 0 Å². The summed E-state index contributed by atoms with van der Waals surface area (Å²) >= 11 is 0. The predicted molar refractivity (Wildman–Crippen MR) is 94.0 cm³/mol. The average Bonchev–Trinajstić information content (AvgIpc) is 2.58. The van der Waals surface area contributed by atoms with Gasteiger partial charge in [-0.15, -0.1) is 0 Å². The quantitative estimate of drug-likeness (QED) is 0.716. The van der Waals surface area contributed by atoms with Crippen LogP contribution in [0.25, 0.3) is 0 Å². The van der Waals surface area contributed by atoms with Gasteiger partial charge in [0.05, 0.1) is 7.11 Å². The Hall–Kier alpha value is -2.11. The third-order valence-corrected chi connectivity index (χ3v) is 3.63. The first-order valence-corrected chi connectivity index (χ1v) is 7.98. The van der Waals surface area contributed by atoms with Crippen molar-refractivity contribution in [3.63, 3.8) is 0 Å². The molecule has 0 saturated heterocycles. The van der Waals surface area contributed by atoms with Crippen molar-refractivity contribution in [2.45, 2.75) is 13.2 Å². The summed E-state index contributed by atoms with van der Waals surface area (Å²) in [6.45, 7) is 2.84. The Morgan fingerprint density at radius 2 is 1.88 bits per heavy atom. The van der Waals surface area contributed by atoms with E-state index in [9.17, 15) is 4.39 Å². The molecule has 5 heteroatoms. The number of likely N-dealkylation sites (N-methyl/N-ethyl adjacent to an activating group) is 1. The van der Waals surface area contributed by atoms with Crippen LogP contribution in [0.5, 0.6) is 11.5 Å². The molecule has 0 radical (unpaired) electrons. The maximum atomic E-state index is 13.6. The topological polar surface area (TPSA) is 33.7 Å². The Kier molecular flexibility index (Phi) is 7.03. The van der Waals surface area contributed by atoms with E-state index in [4.69, 9.17) is 9.47 Å². The van der Waals surface area contributed by atoms with E-state index in [1.165, 1.54) is 6.07 Å². The Morgan fingerprint density at radius 3 is 2.58 bits per heavy atom. The lowest BCUT2D eigenvalue weighted by Gasteiger charge is -2.14. The van der Waals surface area contributed by atoms with Gasteiger partial charge in [0.15, 0.2) is 11.5 Å². The van der Waals surface area contributed by atoms with Gasteiger partial charge in [0, 0.05) is 25.2 Å². The van der Waals surface area contributed by atoms with Gasteiger partial charge in [-0.2, -0.15) is 0 Å². The van der Waals surface area contributed by atoms with Gasteiger partial charge in [0.2, 0.25) is 0 Å². The van der Waals surface area contributed by atoms with Crippen LogP contribution in [0.2, 0.25) is 0 Å². The number of benzene rings is 2. The van der Waals surface area contributed by atoms with Crippen molar-refractivity contribution in [2.24, 2.45) is 0 Å². The number of ether oxygens (including phenoxy) is 2. The molecule has 2 rings (SSSR count). The third-order valence-electron chi connectivity index (χ3n) is 3.63. The first-order valence-electron chi connectivity index (χ1n) is 7.98. The molecule has 2 aromatic carbocycles. The molecule has 130 valence electrons. The van der Waals surface area contributed by atoms with E-state index in [1.807, 2.05) is 32.3 Å². The summed E-state index contributed by atoms with van der Waals surface area (Å²) in [4.78, 5) is 2.13. The van der Waals surface area contributed by atoms with E-state index >= 15 is 0 Å². The van der Waals surface area contributed by atoms with Crippen LogP contribution in [0, 0.1) is 5.82 Å². The summed E-state index contributed by atoms with van der Waals surface area (Å²) in [6.07, 6.45) is 0. The van der Waals surface area contributed by atoms with Gasteiger partial charge in [0.1, 0.15) is 12.4 Å². The maximum absolute atomic E-state index is 13.6. The molecule has 0 fully saturated rings. The number of methoxy groups -OCH3 is 1. The number of nitrogens with one attached hydrogen (secondary N) is 1. The first kappa shape index (κ1) is 18.2. The zero-order valence-electron chi connectivity index (χ0n) is 14.5. The summed E-state index contributed by atoms with van der Waals surface area (Å²) in [6, 6.07) is 12.4. The molecule has 0 aliphatic rings. The average molecular weight is 332 g/mol. The van der Waals surface area contributed by atoms with Gasteiger partial charge in [-0.25, -0.2) is 4.39 Å². The van der Waals surface area contributed by atoms with Crippen LogP contribution in [0.4, 0.5) is 4.39 Å². The highest BCUT2D eigenvalue weighted by atomic mass is 19.1. The monoisotopic (exact) mass is 332 g/mol. The summed E-state index contributed by atoms with van der Waals surface area (Å²) in [7, 11) is 5.70. The fourth-order valence-electron chi connectivity index (χ4n) is 2.25. The fraction of sp³-hybridized carbons (Fsp3) is 0.368. The first-order chi connectivity index (χ1) is 11.6. The van der Waals surface area contributed by atoms with Crippen LogP contribution in [-0.4, -0.2) is 39.2 Å². The number of nitrogens with zero attached hydrogens (tertiary/aromatic N) is 1. The minimum Gasteiger partial charge on any atom is -0.493 e.